The lowest BCUT2D eigenvalue weighted by molar-refractivity contribution is 0.0936. The second-order valence-electron chi connectivity index (χ2n) is 3.64. The minimum atomic E-state index is -0.124. The maximum atomic E-state index is 11.6. The third-order valence-corrected chi connectivity index (χ3v) is 2.47. The molecule has 0 bridgehead atoms. The largest absolute Gasteiger partial charge is 0.507 e. The standard InChI is InChI=1S/C11H13ClO2/c1-6(2)11(14)8-4-7(3)9(12)5-10(8)13/h4-6,13H,1-3H3. The lowest BCUT2D eigenvalue weighted by Gasteiger charge is -2.08. The maximum Gasteiger partial charge on any atom is 0.169 e. The SMILES string of the molecule is Cc1cc(C(=O)C(C)C)c(O)cc1Cl. The van der Waals surface area contributed by atoms with Gasteiger partial charge in [-0.05, 0) is 24.6 Å². The fraction of sp³-hybridized carbons (Fsp3) is 0.364. The molecule has 1 aromatic carbocycles. The molecule has 76 valence electrons. The van der Waals surface area contributed by atoms with Gasteiger partial charge in [-0.15, -0.1) is 0 Å². The summed E-state index contributed by atoms with van der Waals surface area (Å²) in [6, 6.07) is 3.03. The lowest BCUT2D eigenvalue weighted by atomic mass is 9.99. The van der Waals surface area contributed by atoms with Gasteiger partial charge < -0.3 is 5.11 Å². The fourth-order valence-electron chi connectivity index (χ4n) is 1.18. The molecule has 0 amide bonds. The fourth-order valence-corrected chi connectivity index (χ4v) is 1.34. The van der Waals surface area contributed by atoms with E-state index in [4.69, 9.17) is 11.6 Å². The first-order chi connectivity index (χ1) is 6.43. The van der Waals surface area contributed by atoms with Crippen LogP contribution in [0.15, 0.2) is 12.1 Å². The van der Waals surface area contributed by atoms with E-state index in [-0.39, 0.29) is 17.5 Å². The Labute approximate surface area is 88.5 Å². The Hall–Kier alpha value is -1.02. The van der Waals surface area contributed by atoms with Crippen molar-refractivity contribution in [2.45, 2.75) is 20.8 Å². The van der Waals surface area contributed by atoms with Crippen LogP contribution in [0.1, 0.15) is 29.8 Å². The summed E-state index contributed by atoms with van der Waals surface area (Å²) >= 11 is 5.80. The molecule has 0 aliphatic heterocycles. The molecule has 1 rings (SSSR count). The zero-order valence-corrected chi connectivity index (χ0v) is 9.22. The van der Waals surface area contributed by atoms with E-state index in [0.717, 1.165) is 5.56 Å². The van der Waals surface area contributed by atoms with E-state index in [1.165, 1.54) is 6.07 Å². The van der Waals surface area contributed by atoms with Crippen LogP contribution in [0.4, 0.5) is 0 Å². The quantitative estimate of drug-likeness (QED) is 0.765. The van der Waals surface area contributed by atoms with Gasteiger partial charge in [-0.3, -0.25) is 4.79 Å². The van der Waals surface area contributed by atoms with Crippen molar-refractivity contribution in [3.8, 4) is 5.75 Å². The second-order valence-corrected chi connectivity index (χ2v) is 4.04. The zero-order chi connectivity index (χ0) is 10.9. The van der Waals surface area contributed by atoms with Gasteiger partial charge >= 0.3 is 0 Å². The topological polar surface area (TPSA) is 37.3 Å². The Bertz CT molecular complexity index is 370. The molecule has 0 spiro atoms. The molecule has 14 heavy (non-hydrogen) atoms. The van der Waals surface area contributed by atoms with Gasteiger partial charge in [0.1, 0.15) is 5.75 Å². The first kappa shape index (κ1) is 11.1. The van der Waals surface area contributed by atoms with Crippen LogP contribution in [0.5, 0.6) is 5.75 Å². The minimum absolute atomic E-state index is 0.0423. The molecule has 1 N–H and O–H groups in total. The van der Waals surface area contributed by atoms with Crippen molar-refractivity contribution >= 4 is 17.4 Å². The van der Waals surface area contributed by atoms with Crippen LogP contribution in [-0.4, -0.2) is 10.9 Å². The highest BCUT2D eigenvalue weighted by Gasteiger charge is 2.15. The maximum absolute atomic E-state index is 11.6. The van der Waals surface area contributed by atoms with Gasteiger partial charge in [0.05, 0.1) is 5.56 Å². The van der Waals surface area contributed by atoms with Crippen molar-refractivity contribution in [2.75, 3.05) is 0 Å². The number of hydrogen-bond acceptors (Lipinski definition) is 2. The molecule has 3 heteroatoms. The summed E-state index contributed by atoms with van der Waals surface area (Å²) in [5.41, 5.74) is 1.15. The van der Waals surface area contributed by atoms with Crippen molar-refractivity contribution in [3.05, 3.63) is 28.3 Å². The van der Waals surface area contributed by atoms with Gasteiger partial charge in [0.2, 0.25) is 0 Å². The van der Waals surface area contributed by atoms with Crippen molar-refractivity contribution < 1.29 is 9.90 Å². The Balaban J connectivity index is 3.22. The molecular formula is C11H13ClO2. The van der Waals surface area contributed by atoms with Crippen LogP contribution in [-0.2, 0) is 0 Å². The molecule has 0 radical (unpaired) electrons. The average Bonchev–Trinajstić information content (AvgIpc) is 2.10. The van der Waals surface area contributed by atoms with Gasteiger partial charge in [0.25, 0.3) is 0 Å². The second kappa shape index (κ2) is 4.01. The molecule has 0 atom stereocenters. The number of benzene rings is 1. The minimum Gasteiger partial charge on any atom is -0.507 e. The normalized spacial score (nSPS) is 10.6. The van der Waals surface area contributed by atoms with E-state index < -0.39 is 0 Å². The predicted molar refractivity (Wildman–Crippen MR) is 57.0 cm³/mol. The van der Waals surface area contributed by atoms with E-state index >= 15 is 0 Å². The number of hydrogen-bond donors (Lipinski definition) is 1. The van der Waals surface area contributed by atoms with Gasteiger partial charge in [-0.25, -0.2) is 0 Å². The highest BCUT2D eigenvalue weighted by molar-refractivity contribution is 6.31. The van der Waals surface area contributed by atoms with E-state index in [9.17, 15) is 9.90 Å². The average molecular weight is 213 g/mol. The predicted octanol–water partition coefficient (Wildman–Crippen LogP) is 3.19. The molecule has 0 unspecified atom stereocenters. The molecular weight excluding hydrogens is 200 g/mol. The summed E-state index contributed by atoms with van der Waals surface area (Å²) in [6.45, 7) is 5.40. The Morgan fingerprint density at radius 1 is 1.43 bits per heavy atom. The van der Waals surface area contributed by atoms with E-state index in [1.807, 2.05) is 0 Å². The molecule has 0 heterocycles. The molecule has 1 aromatic rings. The van der Waals surface area contributed by atoms with Crippen molar-refractivity contribution in [2.24, 2.45) is 5.92 Å². The van der Waals surface area contributed by atoms with Gasteiger partial charge in [-0.2, -0.15) is 0 Å². The number of rotatable bonds is 2. The number of aromatic hydroxyl groups is 1. The van der Waals surface area contributed by atoms with Crippen LogP contribution in [0.3, 0.4) is 0 Å². The summed E-state index contributed by atoms with van der Waals surface area (Å²) in [5.74, 6) is -0.233. The number of carbonyl (C=O) groups is 1. The number of Topliss-reactive ketones (excluding diaryl/α,β-unsaturated/α-hetero) is 1. The van der Waals surface area contributed by atoms with Gasteiger partial charge in [0.15, 0.2) is 5.78 Å². The Morgan fingerprint density at radius 2 is 2.00 bits per heavy atom. The molecule has 0 aromatic heterocycles. The summed E-state index contributed by atoms with van der Waals surface area (Å²) < 4.78 is 0. The Kier molecular flexibility index (Phi) is 3.17. The van der Waals surface area contributed by atoms with E-state index in [0.29, 0.717) is 10.6 Å². The van der Waals surface area contributed by atoms with Crippen molar-refractivity contribution in [1.82, 2.24) is 0 Å². The van der Waals surface area contributed by atoms with Crippen molar-refractivity contribution in [3.63, 3.8) is 0 Å². The third-order valence-electron chi connectivity index (χ3n) is 2.07. The first-order valence-corrected chi connectivity index (χ1v) is 4.84. The third kappa shape index (κ3) is 2.07. The summed E-state index contributed by atoms with van der Waals surface area (Å²) in [6.07, 6.45) is 0. The number of phenols is 1. The lowest BCUT2D eigenvalue weighted by Crippen LogP contribution is -2.07. The highest BCUT2D eigenvalue weighted by atomic mass is 35.5. The first-order valence-electron chi connectivity index (χ1n) is 4.46. The number of ketones is 1. The molecule has 0 aliphatic carbocycles. The number of halogens is 1. The van der Waals surface area contributed by atoms with Crippen LogP contribution in [0, 0.1) is 12.8 Å². The molecule has 0 saturated carbocycles. The number of carbonyl (C=O) groups excluding carboxylic acids is 1. The zero-order valence-electron chi connectivity index (χ0n) is 8.47. The van der Waals surface area contributed by atoms with Crippen LogP contribution in [0.25, 0.3) is 0 Å². The summed E-state index contributed by atoms with van der Waals surface area (Å²) in [5, 5.41) is 10.0. The van der Waals surface area contributed by atoms with Crippen LogP contribution < -0.4 is 0 Å². The Morgan fingerprint density at radius 3 is 2.50 bits per heavy atom. The van der Waals surface area contributed by atoms with Crippen molar-refractivity contribution in [1.29, 1.82) is 0 Å². The van der Waals surface area contributed by atoms with E-state index in [2.05, 4.69) is 0 Å². The summed E-state index contributed by atoms with van der Waals surface area (Å²) in [4.78, 5) is 11.6. The molecule has 0 saturated heterocycles. The van der Waals surface area contributed by atoms with Crippen LogP contribution >= 0.6 is 11.6 Å². The summed E-state index contributed by atoms with van der Waals surface area (Å²) in [7, 11) is 0. The molecule has 0 aliphatic rings. The van der Waals surface area contributed by atoms with Gasteiger partial charge in [-0.1, -0.05) is 25.4 Å². The smallest absolute Gasteiger partial charge is 0.169 e. The van der Waals surface area contributed by atoms with Crippen LogP contribution in [0.2, 0.25) is 5.02 Å². The van der Waals surface area contributed by atoms with E-state index in [1.54, 1.807) is 26.8 Å². The van der Waals surface area contributed by atoms with Gasteiger partial charge in [0, 0.05) is 10.9 Å². The number of phenolic OH excluding ortho intramolecular Hbond substituents is 1. The number of aryl methyl sites for hydroxylation is 1. The molecule has 2 nitrogen and oxygen atoms in total. The molecule has 0 fully saturated rings. The monoisotopic (exact) mass is 212 g/mol. The highest BCUT2D eigenvalue weighted by Crippen LogP contribution is 2.27.